The molecule has 1 aliphatic heterocycles. The lowest BCUT2D eigenvalue weighted by molar-refractivity contribution is 0.0957. The maximum atomic E-state index is 13.3. The van der Waals surface area contributed by atoms with Gasteiger partial charge in [0.2, 0.25) is 10.0 Å². The Hall–Kier alpha value is -1.02. The van der Waals surface area contributed by atoms with E-state index in [2.05, 4.69) is 4.72 Å². The Morgan fingerprint density at radius 3 is 2.80 bits per heavy atom. The summed E-state index contributed by atoms with van der Waals surface area (Å²) in [6.45, 7) is 3.53. The van der Waals surface area contributed by atoms with E-state index >= 15 is 0 Å². The van der Waals surface area contributed by atoms with Crippen LogP contribution >= 0.6 is 0 Å². The van der Waals surface area contributed by atoms with Gasteiger partial charge in [0, 0.05) is 6.61 Å². The lowest BCUT2D eigenvalue weighted by Crippen LogP contribution is -2.50. The van der Waals surface area contributed by atoms with Crippen molar-refractivity contribution in [2.45, 2.75) is 43.4 Å². The van der Waals surface area contributed by atoms with Crippen molar-refractivity contribution < 1.29 is 22.7 Å². The minimum Gasteiger partial charge on any atom is -0.392 e. The number of ether oxygens (including phenoxy) is 1. The predicted molar refractivity (Wildman–Crippen MR) is 71.1 cm³/mol. The van der Waals surface area contributed by atoms with Gasteiger partial charge in [-0.3, -0.25) is 0 Å². The molecule has 2 atom stereocenters. The number of hydrogen-bond donors (Lipinski definition) is 2. The Kier molecular flexibility index (Phi) is 4.15. The monoisotopic (exact) mass is 303 g/mol. The first-order valence-corrected chi connectivity index (χ1v) is 7.82. The van der Waals surface area contributed by atoms with Crippen molar-refractivity contribution in [1.29, 1.82) is 0 Å². The van der Waals surface area contributed by atoms with Crippen LogP contribution in [-0.2, 0) is 21.4 Å². The second-order valence-corrected chi connectivity index (χ2v) is 6.85. The van der Waals surface area contributed by atoms with Crippen LogP contribution in [0.4, 0.5) is 4.39 Å². The summed E-state index contributed by atoms with van der Waals surface area (Å²) in [7, 11) is -3.93. The van der Waals surface area contributed by atoms with Gasteiger partial charge in [-0.2, -0.15) is 0 Å². The fourth-order valence-corrected chi connectivity index (χ4v) is 3.98. The molecule has 0 amide bonds. The van der Waals surface area contributed by atoms with E-state index in [9.17, 15) is 17.9 Å². The third kappa shape index (κ3) is 2.85. The van der Waals surface area contributed by atoms with Crippen molar-refractivity contribution in [2.24, 2.45) is 0 Å². The van der Waals surface area contributed by atoms with Crippen molar-refractivity contribution in [3.63, 3.8) is 0 Å². The molecule has 1 fully saturated rings. The number of benzene rings is 1. The van der Waals surface area contributed by atoms with Crippen LogP contribution in [0.3, 0.4) is 0 Å². The Morgan fingerprint density at radius 2 is 2.25 bits per heavy atom. The lowest BCUT2D eigenvalue weighted by Gasteiger charge is -2.28. The number of hydrogen-bond acceptors (Lipinski definition) is 4. The van der Waals surface area contributed by atoms with Crippen LogP contribution in [0.15, 0.2) is 23.1 Å². The molecule has 1 aromatic carbocycles. The third-order valence-electron chi connectivity index (χ3n) is 3.74. The number of nitrogens with one attached hydrogen (secondary N) is 1. The van der Waals surface area contributed by atoms with E-state index in [1.165, 1.54) is 6.07 Å². The van der Waals surface area contributed by atoms with E-state index in [1.807, 2.05) is 0 Å². The van der Waals surface area contributed by atoms with Gasteiger partial charge in [-0.15, -0.1) is 0 Å². The minimum absolute atomic E-state index is 0.161. The fraction of sp³-hybridized carbons (Fsp3) is 0.538. The molecule has 0 spiro atoms. The normalized spacial score (nSPS) is 26.9. The SMILES string of the molecule is CC1OCCC1(C)NS(=O)(=O)c1cc(F)ccc1CO. The van der Waals surface area contributed by atoms with Crippen molar-refractivity contribution in [3.8, 4) is 0 Å². The first-order valence-electron chi connectivity index (χ1n) is 6.33. The van der Waals surface area contributed by atoms with E-state index in [0.717, 1.165) is 12.1 Å². The maximum Gasteiger partial charge on any atom is 0.241 e. The Morgan fingerprint density at radius 1 is 1.55 bits per heavy atom. The largest absolute Gasteiger partial charge is 0.392 e. The second kappa shape index (κ2) is 5.40. The summed E-state index contributed by atoms with van der Waals surface area (Å²) in [4.78, 5) is -0.236. The molecule has 20 heavy (non-hydrogen) atoms. The summed E-state index contributed by atoms with van der Waals surface area (Å²) in [5.41, 5.74) is -0.577. The zero-order chi connectivity index (χ0) is 15.0. The summed E-state index contributed by atoms with van der Waals surface area (Å²) in [5, 5.41) is 9.21. The van der Waals surface area contributed by atoms with Crippen molar-refractivity contribution in [3.05, 3.63) is 29.6 Å². The molecule has 0 aromatic heterocycles. The molecule has 2 unspecified atom stereocenters. The molecule has 2 rings (SSSR count). The molecule has 0 aliphatic carbocycles. The average Bonchev–Trinajstić information content (AvgIpc) is 2.68. The van der Waals surface area contributed by atoms with Gasteiger partial charge in [-0.25, -0.2) is 17.5 Å². The lowest BCUT2D eigenvalue weighted by atomic mass is 9.97. The highest BCUT2D eigenvalue weighted by Gasteiger charge is 2.41. The highest BCUT2D eigenvalue weighted by atomic mass is 32.2. The predicted octanol–water partition coefficient (Wildman–Crippen LogP) is 1.16. The van der Waals surface area contributed by atoms with E-state index < -0.39 is 28.0 Å². The minimum atomic E-state index is -3.93. The van der Waals surface area contributed by atoms with Crippen molar-refractivity contribution in [2.75, 3.05) is 6.61 Å². The average molecular weight is 303 g/mol. The van der Waals surface area contributed by atoms with Crippen LogP contribution in [0.1, 0.15) is 25.8 Å². The van der Waals surface area contributed by atoms with E-state index in [1.54, 1.807) is 13.8 Å². The smallest absolute Gasteiger partial charge is 0.241 e. The molecule has 1 aromatic rings. The van der Waals surface area contributed by atoms with Gasteiger partial charge in [0.15, 0.2) is 0 Å². The summed E-state index contributed by atoms with van der Waals surface area (Å²) in [6.07, 6.45) is 0.264. The quantitative estimate of drug-likeness (QED) is 0.875. The molecule has 1 heterocycles. The standard InChI is InChI=1S/C13H18FNO4S/c1-9-13(2,5-6-19-9)15-20(17,18)12-7-11(14)4-3-10(12)8-16/h3-4,7,9,15-16H,5-6,8H2,1-2H3. The zero-order valence-electron chi connectivity index (χ0n) is 11.4. The molecule has 1 aliphatic rings. The van der Waals surface area contributed by atoms with Crippen LogP contribution in [0, 0.1) is 5.82 Å². The molecule has 0 saturated carbocycles. The second-order valence-electron chi connectivity index (χ2n) is 5.20. The fourth-order valence-electron chi connectivity index (χ4n) is 2.24. The first-order chi connectivity index (χ1) is 9.28. The van der Waals surface area contributed by atoms with Gasteiger partial charge >= 0.3 is 0 Å². The molecule has 1 saturated heterocycles. The molecule has 0 bridgehead atoms. The van der Waals surface area contributed by atoms with E-state index in [-0.39, 0.29) is 16.6 Å². The van der Waals surface area contributed by atoms with Gasteiger partial charge in [-0.05, 0) is 38.0 Å². The molecule has 7 heteroatoms. The molecular formula is C13H18FNO4S. The topological polar surface area (TPSA) is 75.6 Å². The van der Waals surface area contributed by atoms with E-state index in [4.69, 9.17) is 4.74 Å². The van der Waals surface area contributed by atoms with Crippen LogP contribution < -0.4 is 4.72 Å². The number of rotatable bonds is 4. The highest BCUT2D eigenvalue weighted by Crippen LogP contribution is 2.28. The van der Waals surface area contributed by atoms with E-state index in [0.29, 0.717) is 13.0 Å². The van der Waals surface area contributed by atoms with Crippen LogP contribution in [0.5, 0.6) is 0 Å². The summed E-state index contributed by atoms with van der Waals surface area (Å²) in [6, 6.07) is 3.30. The Bertz CT molecular complexity index is 604. The van der Waals surface area contributed by atoms with Crippen LogP contribution in [0.2, 0.25) is 0 Å². The highest BCUT2D eigenvalue weighted by molar-refractivity contribution is 7.89. The van der Waals surface area contributed by atoms with Gasteiger partial charge < -0.3 is 9.84 Å². The van der Waals surface area contributed by atoms with Crippen LogP contribution in [0.25, 0.3) is 0 Å². The molecule has 2 N–H and O–H groups in total. The molecule has 5 nitrogen and oxygen atoms in total. The van der Waals surface area contributed by atoms with Crippen molar-refractivity contribution >= 4 is 10.0 Å². The maximum absolute atomic E-state index is 13.3. The molecule has 112 valence electrons. The zero-order valence-corrected chi connectivity index (χ0v) is 12.2. The van der Waals surface area contributed by atoms with Crippen molar-refractivity contribution in [1.82, 2.24) is 4.72 Å². The number of aliphatic hydroxyl groups excluding tert-OH is 1. The summed E-state index contributed by atoms with van der Waals surface area (Å²) < 4.78 is 46.1. The summed E-state index contributed by atoms with van der Waals surface area (Å²) in [5.74, 6) is -0.663. The number of sulfonamides is 1. The third-order valence-corrected chi connectivity index (χ3v) is 5.44. The van der Waals surface area contributed by atoms with Gasteiger partial charge in [0.1, 0.15) is 5.82 Å². The first kappa shape index (κ1) is 15.4. The number of aliphatic hydroxyl groups is 1. The van der Waals surface area contributed by atoms with Gasteiger partial charge in [0.25, 0.3) is 0 Å². The van der Waals surface area contributed by atoms with Gasteiger partial charge in [0.05, 0.1) is 23.1 Å². The Balaban J connectivity index is 2.38. The summed E-state index contributed by atoms with van der Waals surface area (Å²) >= 11 is 0. The van der Waals surface area contributed by atoms with Gasteiger partial charge in [-0.1, -0.05) is 6.07 Å². The number of halogens is 1. The van der Waals surface area contributed by atoms with Crippen LogP contribution in [-0.4, -0.2) is 31.8 Å². The molecule has 0 radical (unpaired) electrons. The Labute approximate surface area is 117 Å². The molecular weight excluding hydrogens is 285 g/mol.